The molecule has 0 saturated carbocycles. The van der Waals surface area contributed by atoms with E-state index in [1.54, 1.807) is 19.2 Å². The zero-order valence-electron chi connectivity index (χ0n) is 14.3. The van der Waals surface area contributed by atoms with Crippen molar-refractivity contribution in [3.63, 3.8) is 0 Å². The van der Waals surface area contributed by atoms with E-state index in [2.05, 4.69) is 5.10 Å². The normalized spacial score (nSPS) is 23.0. The summed E-state index contributed by atoms with van der Waals surface area (Å²) in [6.07, 6.45) is 0.407. The van der Waals surface area contributed by atoms with Crippen LogP contribution in [-0.4, -0.2) is 56.0 Å². The Morgan fingerprint density at radius 3 is 2.77 bits per heavy atom. The van der Waals surface area contributed by atoms with Crippen LogP contribution in [0.3, 0.4) is 0 Å². The Balaban J connectivity index is 1.91. The van der Waals surface area contributed by atoms with Gasteiger partial charge in [0.15, 0.2) is 0 Å². The van der Waals surface area contributed by atoms with E-state index in [0.717, 1.165) is 0 Å². The number of nitrogens with zero attached hydrogens (tertiary/aromatic N) is 3. The summed E-state index contributed by atoms with van der Waals surface area (Å²) in [6, 6.07) is 7.19. The van der Waals surface area contributed by atoms with Gasteiger partial charge in [-0.15, -0.1) is 0 Å². The van der Waals surface area contributed by atoms with Gasteiger partial charge in [-0.05, 0) is 36.6 Å². The number of rotatable bonds is 4. The van der Waals surface area contributed by atoms with Crippen LogP contribution in [0.25, 0.3) is 0 Å². The predicted octanol–water partition coefficient (Wildman–Crippen LogP) is 1.08. The van der Waals surface area contributed by atoms with Crippen LogP contribution in [0.15, 0.2) is 36.5 Å². The molecule has 2 aromatic rings. The number of piperidine rings is 1. The molecule has 138 valence electrons. The average Bonchev–Trinajstić information content (AvgIpc) is 3.02. The van der Waals surface area contributed by atoms with E-state index in [1.165, 1.54) is 34.0 Å². The molecule has 0 unspecified atom stereocenters. The minimum Gasteiger partial charge on any atom is -0.481 e. The van der Waals surface area contributed by atoms with Crippen LogP contribution >= 0.6 is 0 Å². The van der Waals surface area contributed by atoms with Gasteiger partial charge in [-0.1, -0.05) is 12.1 Å². The largest absolute Gasteiger partial charge is 0.481 e. The molecule has 8 heteroatoms. The first-order valence-corrected chi connectivity index (χ1v) is 8.27. The van der Waals surface area contributed by atoms with Crippen LogP contribution in [0, 0.1) is 11.2 Å². The zero-order valence-corrected chi connectivity index (χ0v) is 14.3. The van der Waals surface area contributed by atoms with E-state index in [0.29, 0.717) is 11.3 Å². The molecule has 0 spiro atoms. The molecule has 26 heavy (non-hydrogen) atoms. The number of aliphatic hydroxyl groups is 1. The Kier molecular flexibility index (Phi) is 4.78. The summed E-state index contributed by atoms with van der Waals surface area (Å²) in [5.41, 5.74) is -0.798. The smallest absolute Gasteiger partial charge is 0.314 e. The van der Waals surface area contributed by atoms with E-state index in [4.69, 9.17) is 0 Å². The molecule has 0 aliphatic carbocycles. The van der Waals surface area contributed by atoms with Gasteiger partial charge in [-0.25, -0.2) is 4.39 Å². The van der Waals surface area contributed by atoms with E-state index in [1.807, 2.05) is 0 Å². The first-order valence-electron chi connectivity index (χ1n) is 8.27. The summed E-state index contributed by atoms with van der Waals surface area (Å²) >= 11 is 0. The first kappa shape index (κ1) is 18.1. The van der Waals surface area contributed by atoms with Gasteiger partial charge >= 0.3 is 5.97 Å². The van der Waals surface area contributed by atoms with E-state index >= 15 is 0 Å². The molecule has 0 radical (unpaired) electrons. The lowest BCUT2D eigenvalue weighted by Gasteiger charge is -2.43. The van der Waals surface area contributed by atoms with Crippen molar-refractivity contribution in [1.82, 2.24) is 14.7 Å². The Morgan fingerprint density at radius 1 is 1.38 bits per heavy atom. The molecule has 0 bridgehead atoms. The highest BCUT2D eigenvalue weighted by atomic mass is 19.1. The van der Waals surface area contributed by atoms with Gasteiger partial charge in [0.1, 0.15) is 16.9 Å². The Morgan fingerprint density at radius 2 is 2.15 bits per heavy atom. The number of hydrogen-bond donors (Lipinski definition) is 2. The Labute approximate surface area is 149 Å². The molecule has 1 aromatic heterocycles. The summed E-state index contributed by atoms with van der Waals surface area (Å²) in [4.78, 5) is 26.2. The first-order chi connectivity index (χ1) is 12.3. The van der Waals surface area contributed by atoms with Gasteiger partial charge in [-0.3, -0.25) is 14.3 Å². The maximum Gasteiger partial charge on any atom is 0.314 e. The maximum atomic E-state index is 13.5. The average molecular weight is 361 g/mol. The second-order valence-corrected chi connectivity index (χ2v) is 6.64. The van der Waals surface area contributed by atoms with Gasteiger partial charge < -0.3 is 15.1 Å². The van der Waals surface area contributed by atoms with Crippen LogP contribution in [0.5, 0.6) is 0 Å². The summed E-state index contributed by atoms with van der Waals surface area (Å²) in [7, 11) is 1.63. The van der Waals surface area contributed by atoms with Crippen molar-refractivity contribution in [3.05, 3.63) is 53.6 Å². The number of carboxylic acids is 1. The van der Waals surface area contributed by atoms with Crippen molar-refractivity contribution in [2.45, 2.75) is 18.9 Å². The van der Waals surface area contributed by atoms with E-state index < -0.39 is 23.3 Å². The topological polar surface area (TPSA) is 95.7 Å². The molecule has 2 heterocycles. The summed E-state index contributed by atoms with van der Waals surface area (Å²) in [6.45, 7) is 0.0768. The number of aromatic nitrogens is 2. The van der Waals surface area contributed by atoms with Crippen molar-refractivity contribution in [2.75, 3.05) is 13.1 Å². The third kappa shape index (κ3) is 3.20. The summed E-state index contributed by atoms with van der Waals surface area (Å²) < 4.78 is 14.9. The molecule has 7 nitrogen and oxygen atoms in total. The van der Waals surface area contributed by atoms with E-state index in [-0.39, 0.29) is 31.8 Å². The van der Waals surface area contributed by atoms with Crippen LogP contribution in [0.4, 0.5) is 4.39 Å². The monoisotopic (exact) mass is 361 g/mol. The number of carbonyl (C=O) groups excluding carboxylic acids is 1. The molecule has 1 fully saturated rings. The van der Waals surface area contributed by atoms with E-state index in [9.17, 15) is 24.2 Å². The van der Waals surface area contributed by atoms with Crippen molar-refractivity contribution < 1.29 is 24.2 Å². The number of benzene rings is 1. The highest BCUT2D eigenvalue weighted by molar-refractivity contribution is 5.93. The number of aliphatic carboxylic acids is 1. The highest BCUT2D eigenvalue weighted by Crippen LogP contribution is 2.35. The minimum atomic E-state index is -1.60. The van der Waals surface area contributed by atoms with Crippen molar-refractivity contribution >= 4 is 11.9 Å². The van der Waals surface area contributed by atoms with Gasteiger partial charge in [0.2, 0.25) is 0 Å². The number of halogens is 1. The number of carboxylic acid groups (broad SMARTS) is 1. The van der Waals surface area contributed by atoms with Crippen molar-refractivity contribution in [3.8, 4) is 0 Å². The Bertz CT molecular complexity index is 837. The molecule has 1 saturated heterocycles. The third-order valence-electron chi connectivity index (χ3n) is 4.95. The predicted molar refractivity (Wildman–Crippen MR) is 89.9 cm³/mol. The molecular weight excluding hydrogens is 341 g/mol. The van der Waals surface area contributed by atoms with Crippen LogP contribution < -0.4 is 0 Å². The van der Waals surface area contributed by atoms with Gasteiger partial charge in [-0.2, -0.15) is 5.10 Å². The van der Waals surface area contributed by atoms with Gasteiger partial charge in [0, 0.05) is 26.3 Å². The highest BCUT2D eigenvalue weighted by Gasteiger charge is 2.50. The van der Waals surface area contributed by atoms with Gasteiger partial charge in [0.25, 0.3) is 5.91 Å². The Hall–Kier alpha value is -2.74. The summed E-state index contributed by atoms with van der Waals surface area (Å²) in [5, 5.41) is 24.3. The molecule has 2 N–H and O–H groups in total. The molecular formula is C18H20FN3O4. The number of hydrogen-bond acceptors (Lipinski definition) is 4. The van der Waals surface area contributed by atoms with Crippen LogP contribution in [0.1, 0.15) is 22.5 Å². The van der Waals surface area contributed by atoms with Crippen molar-refractivity contribution in [2.24, 2.45) is 12.5 Å². The molecule has 1 aliphatic rings. The lowest BCUT2D eigenvalue weighted by atomic mass is 9.72. The molecule has 2 atom stereocenters. The molecule has 1 aromatic carbocycles. The number of likely N-dealkylation sites (tertiary alicyclic amines) is 1. The van der Waals surface area contributed by atoms with Gasteiger partial charge in [0.05, 0.1) is 6.10 Å². The number of aliphatic hydroxyl groups excluding tert-OH is 1. The maximum absolute atomic E-state index is 13.5. The fraction of sp³-hybridized carbons (Fsp3) is 0.389. The molecule has 1 amide bonds. The number of carbonyl (C=O) groups is 2. The van der Waals surface area contributed by atoms with Crippen LogP contribution in [0.2, 0.25) is 0 Å². The molecule has 3 rings (SSSR count). The second kappa shape index (κ2) is 6.87. The second-order valence-electron chi connectivity index (χ2n) is 6.64. The quantitative estimate of drug-likeness (QED) is 0.850. The number of amides is 1. The molecule has 1 aliphatic heterocycles. The van der Waals surface area contributed by atoms with Crippen molar-refractivity contribution in [1.29, 1.82) is 0 Å². The number of aryl methyl sites for hydroxylation is 1. The lowest BCUT2D eigenvalue weighted by molar-refractivity contribution is -0.161. The van der Waals surface area contributed by atoms with Crippen LogP contribution in [-0.2, 0) is 18.3 Å². The third-order valence-corrected chi connectivity index (χ3v) is 4.95. The fourth-order valence-corrected chi connectivity index (χ4v) is 3.47. The SMILES string of the molecule is Cn1nccc1C(=O)N1CC[C@H](O)[C@](Cc2cccc(F)c2)(C(=O)O)C1. The fourth-order valence-electron chi connectivity index (χ4n) is 3.47. The minimum absolute atomic E-state index is 0.0730. The zero-order chi connectivity index (χ0) is 18.9. The summed E-state index contributed by atoms with van der Waals surface area (Å²) in [5.74, 6) is -2.03. The standard InChI is InChI=1S/C18H20FN3O4/c1-21-14(5-7-20-21)16(24)22-8-6-15(23)18(11-22,17(25)26)10-12-3-2-4-13(19)9-12/h2-5,7,9,15,23H,6,8,10-11H2,1H3,(H,25,26)/t15-,18+/m0/s1. The lowest BCUT2D eigenvalue weighted by Crippen LogP contribution is -2.58.